The van der Waals surface area contributed by atoms with E-state index >= 15 is 0 Å². The van der Waals surface area contributed by atoms with E-state index in [0.29, 0.717) is 29.6 Å². The van der Waals surface area contributed by atoms with Crippen molar-refractivity contribution in [3.63, 3.8) is 0 Å². The zero-order valence-corrected chi connectivity index (χ0v) is 17.4. The fourth-order valence-electron chi connectivity index (χ4n) is 3.32. The van der Waals surface area contributed by atoms with Crippen LogP contribution in [0.25, 0.3) is 10.9 Å². The number of hydrogen-bond acceptors (Lipinski definition) is 3. The number of nitrogens with zero attached hydrogens (tertiary/aromatic N) is 1. The van der Waals surface area contributed by atoms with Crippen LogP contribution >= 0.6 is 11.6 Å². The van der Waals surface area contributed by atoms with Crippen LogP contribution in [0.2, 0.25) is 5.02 Å². The molecule has 2 heterocycles. The fourth-order valence-corrected chi connectivity index (χ4v) is 3.44. The lowest BCUT2D eigenvalue weighted by molar-refractivity contribution is -0.116. The Hall–Kier alpha value is -3.77. The van der Waals surface area contributed by atoms with Gasteiger partial charge in [-0.2, -0.15) is 0 Å². The molecule has 0 saturated carbocycles. The van der Waals surface area contributed by atoms with E-state index in [1.54, 1.807) is 36.5 Å². The van der Waals surface area contributed by atoms with Crippen molar-refractivity contribution in [1.29, 1.82) is 0 Å². The van der Waals surface area contributed by atoms with Gasteiger partial charge in [-0.05, 0) is 65.7 Å². The molecule has 156 valence electrons. The standard InChI is InChI=1S/C24H20ClN3O3/c1-2-23(29)27-14-17-11-21-20(22(12-17)31-19-5-3-18(25)4-6-19)8-10-28(21)15-16-7-9-26-24(30)13-16/h2-13H,1,14-15H2,(H,26,30)(H,27,29). The summed E-state index contributed by atoms with van der Waals surface area (Å²) in [6.07, 6.45) is 4.82. The van der Waals surface area contributed by atoms with Gasteiger partial charge in [0, 0.05) is 42.0 Å². The Morgan fingerprint density at radius 2 is 1.94 bits per heavy atom. The molecule has 0 unspecified atom stereocenters. The van der Waals surface area contributed by atoms with Crippen molar-refractivity contribution in [2.75, 3.05) is 0 Å². The van der Waals surface area contributed by atoms with Gasteiger partial charge in [-0.15, -0.1) is 0 Å². The Labute approximate surface area is 183 Å². The Balaban J connectivity index is 1.74. The molecule has 4 rings (SSSR count). The molecule has 4 aromatic rings. The number of carbonyl (C=O) groups excluding carboxylic acids is 1. The lowest BCUT2D eigenvalue weighted by atomic mass is 10.1. The second-order valence-electron chi connectivity index (χ2n) is 7.01. The summed E-state index contributed by atoms with van der Waals surface area (Å²) < 4.78 is 8.18. The van der Waals surface area contributed by atoms with Gasteiger partial charge in [-0.1, -0.05) is 18.2 Å². The average Bonchev–Trinajstić information content (AvgIpc) is 3.16. The number of amides is 1. The fraction of sp³-hybridized carbons (Fsp3) is 0.0833. The minimum Gasteiger partial charge on any atom is -0.457 e. The van der Waals surface area contributed by atoms with E-state index in [-0.39, 0.29) is 11.5 Å². The first-order chi connectivity index (χ1) is 15.0. The third kappa shape index (κ3) is 4.87. The molecule has 0 aliphatic carbocycles. The highest BCUT2D eigenvalue weighted by Gasteiger charge is 2.12. The molecule has 2 N–H and O–H groups in total. The van der Waals surface area contributed by atoms with Crippen molar-refractivity contribution in [3.8, 4) is 11.5 Å². The topological polar surface area (TPSA) is 76.1 Å². The zero-order valence-electron chi connectivity index (χ0n) is 16.6. The number of pyridine rings is 1. The van der Waals surface area contributed by atoms with Crippen LogP contribution in [0.15, 0.2) is 84.4 Å². The van der Waals surface area contributed by atoms with E-state index in [9.17, 15) is 9.59 Å². The van der Waals surface area contributed by atoms with Crippen molar-refractivity contribution < 1.29 is 9.53 Å². The third-order valence-corrected chi connectivity index (χ3v) is 5.05. The second-order valence-corrected chi connectivity index (χ2v) is 7.45. The van der Waals surface area contributed by atoms with Crippen molar-refractivity contribution in [1.82, 2.24) is 14.9 Å². The molecule has 0 fully saturated rings. The summed E-state index contributed by atoms with van der Waals surface area (Å²) in [5, 5.41) is 4.34. The van der Waals surface area contributed by atoms with Crippen molar-refractivity contribution >= 4 is 28.4 Å². The summed E-state index contributed by atoms with van der Waals surface area (Å²) in [4.78, 5) is 25.9. The number of aromatic amines is 1. The summed E-state index contributed by atoms with van der Waals surface area (Å²) in [6.45, 7) is 4.33. The minimum absolute atomic E-state index is 0.145. The van der Waals surface area contributed by atoms with Crippen LogP contribution in [0.1, 0.15) is 11.1 Å². The summed E-state index contributed by atoms with van der Waals surface area (Å²) in [7, 11) is 0. The van der Waals surface area contributed by atoms with E-state index in [1.165, 1.54) is 6.08 Å². The summed E-state index contributed by atoms with van der Waals surface area (Å²) >= 11 is 5.98. The molecule has 2 aromatic carbocycles. The Bertz CT molecular complexity index is 1310. The molecule has 0 saturated heterocycles. The number of ether oxygens (including phenoxy) is 1. The van der Waals surface area contributed by atoms with Crippen molar-refractivity contribution in [2.24, 2.45) is 0 Å². The van der Waals surface area contributed by atoms with E-state index in [4.69, 9.17) is 16.3 Å². The molecule has 2 aromatic heterocycles. The monoisotopic (exact) mass is 433 g/mol. The SMILES string of the molecule is C=CC(=O)NCc1cc(Oc2ccc(Cl)cc2)c2ccn(Cc3cc[nH]c(=O)c3)c2c1. The number of carbonyl (C=O) groups is 1. The molecule has 0 aliphatic rings. The molecular formula is C24H20ClN3O3. The van der Waals surface area contributed by atoms with Gasteiger partial charge < -0.3 is 19.6 Å². The van der Waals surface area contributed by atoms with E-state index < -0.39 is 0 Å². The van der Waals surface area contributed by atoms with Crippen LogP contribution in [-0.4, -0.2) is 15.5 Å². The van der Waals surface area contributed by atoms with Crippen molar-refractivity contribution in [3.05, 3.63) is 106 Å². The molecule has 31 heavy (non-hydrogen) atoms. The van der Waals surface area contributed by atoms with Gasteiger partial charge in [0.1, 0.15) is 11.5 Å². The first-order valence-electron chi connectivity index (χ1n) is 9.65. The zero-order chi connectivity index (χ0) is 21.8. The predicted molar refractivity (Wildman–Crippen MR) is 122 cm³/mol. The minimum atomic E-state index is -0.251. The molecule has 0 atom stereocenters. The molecule has 7 heteroatoms. The maximum Gasteiger partial charge on any atom is 0.248 e. The summed E-state index contributed by atoms with van der Waals surface area (Å²) in [5.41, 5.74) is 2.53. The van der Waals surface area contributed by atoms with Crippen LogP contribution in [0.3, 0.4) is 0 Å². The summed E-state index contributed by atoms with van der Waals surface area (Å²) in [6, 6.07) is 16.4. The maximum absolute atomic E-state index is 11.7. The van der Waals surface area contributed by atoms with Gasteiger partial charge in [0.05, 0.1) is 5.52 Å². The first kappa shape index (κ1) is 20.5. The van der Waals surface area contributed by atoms with Gasteiger partial charge in [-0.3, -0.25) is 9.59 Å². The Morgan fingerprint density at radius 1 is 1.13 bits per heavy atom. The Morgan fingerprint density at radius 3 is 2.68 bits per heavy atom. The van der Waals surface area contributed by atoms with Gasteiger partial charge >= 0.3 is 0 Å². The van der Waals surface area contributed by atoms with Crippen LogP contribution in [0.4, 0.5) is 0 Å². The highest BCUT2D eigenvalue weighted by Crippen LogP contribution is 2.33. The molecule has 0 radical (unpaired) electrons. The Kier molecular flexibility index (Phi) is 5.91. The highest BCUT2D eigenvalue weighted by atomic mass is 35.5. The van der Waals surface area contributed by atoms with E-state index in [2.05, 4.69) is 16.9 Å². The predicted octanol–water partition coefficient (Wildman–Crippen LogP) is 4.63. The average molecular weight is 434 g/mol. The molecule has 0 bridgehead atoms. The third-order valence-electron chi connectivity index (χ3n) is 4.80. The first-order valence-corrected chi connectivity index (χ1v) is 10.0. The quantitative estimate of drug-likeness (QED) is 0.417. The number of nitrogens with one attached hydrogen (secondary N) is 2. The largest absolute Gasteiger partial charge is 0.457 e. The molecule has 6 nitrogen and oxygen atoms in total. The smallest absolute Gasteiger partial charge is 0.248 e. The van der Waals surface area contributed by atoms with Gasteiger partial charge in [-0.25, -0.2) is 0 Å². The number of aromatic nitrogens is 2. The normalized spacial score (nSPS) is 10.7. The number of rotatable bonds is 7. The second kappa shape index (κ2) is 8.93. The summed E-state index contributed by atoms with van der Waals surface area (Å²) in [5.74, 6) is 1.06. The van der Waals surface area contributed by atoms with Crippen LogP contribution in [0, 0.1) is 0 Å². The van der Waals surface area contributed by atoms with Crippen LogP contribution < -0.4 is 15.6 Å². The number of H-pyrrole nitrogens is 1. The number of halogens is 1. The van der Waals surface area contributed by atoms with E-state index in [1.807, 2.05) is 35.0 Å². The number of benzene rings is 2. The van der Waals surface area contributed by atoms with Crippen molar-refractivity contribution in [2.45, 2.75) is 13.1 Å². The van der Waals surface area contributed by atoms with Crippen LogP contribution in [0.5, 0.6) is 11.5 Å². The van der Waals surface area contributed by atoms with E-state index in [0.717, 1.165) is 22.0 Å². The maximum atomic E-state index is 11.7. The van der Waals surface area contributed by atoms with Gasteiger partial charge in [0.15, 0.2) is 0 Å². The van der Waals surface area contributed by atoms with Gasteiger partial charge in [0.2, 0.25) is 11.5 Å². The molecular weight excluding hydrogens is 414 g/mol. The number of fused-ring (bicyclic) bond motifs is 1. The molecule has 0 aliphatic heterocycles. The lowest BCUT2D eigenvalue weighted by Gasteiger charge is -2.12. The highest BCUT2D eigenvalue weighted by molar-refractivity contribution is 6.30. The molecule has 0 spiro atoms. The lowest BCUT2D eigenvalue weighted by Crippen LogP contribution is -2.20. The number of hydrogen-bond donors (Lipinski definition) is 2. The molecule has 1 amide bonds. The van der Waals surface area contributed by atoms with Crippen LogP contribution in [-0.2, 0) is 17.9 Å². The van der Waals surface area contributed by atoms with Gasteiger partial charge in [0.25, 0.3) is 0 Å².